The largest absolute Gasteiger partial charge is 0.243 e. The lowest BCUT2D eigenvalue weighted by atomic mass is 10.3. The molecule has 2 bridgehead atoms. The minimum atomic E-state index is 0.498. The molecule has 0 aliphatic carbocycles. The predicted molar refractivity (Wildman–Crippen MR) is 32.9 cm³/mol. The molecule has 2 aliphatic heterocycles. The maximum Gasteiger partial charge on any atom is 0.113 e. The van der Waals surface area contributed by atoms with Crippen molar-refractivity contribution >= 4 is 27.3 Å². The zero-order valence-corrected chi connectivity index (χ0v) is 5.79. The molecule has 7 heavy (non-hydrogen) atoms. The van der Waals surface area contributed by atoms with Gasteiger partial charge in [-0.15, -0.1) is 11.3 Å². The number of rotatable bonds is 0. The van der Waals surface area contributed by atoms with Gasteiger partial charge in [-0.1, -0.05) is 15.9 Å². The Kier molecular flexibility index (Phi) is 0.627. The van der Waals surface area contributed by atoms with Crippen LogP contribution in [0.3, 0.4) is 0 Å². The van der Waals surface area contributed by atoms with E-state index in [-0.39, 0.29) is 0 Å². The number of fused-ring (bicyclic) bond motifs is 1. The Morgan fingerprint density at radius 3 is 2.86 bits per heavy atom. The molecule has 1 atom stereocenters. The van der Waals surface area contributed by atoms with Crippen molar-refractivity contribution in [2.24, 2.45) is 0 Å². The molecule has 1 aromatic rings. The predicted octanol–water partition coefficient (Wildman–Crippen LogP) is 1.94. The zero-order valence-electron chi connectivity index (χ0n) is 3.39. The Bertz CT molecular complexity index is 169. The fourth-order valence-corrected chi connectivity index (χ4v) is 2.26. The van der Waals surface area contributed by atoms with Gasteiger partial charge in [-0.25, -0.2) is 4.98 Å². The summed E-state index contributed by atoms with van der Waals surface area (Å²) in [6.45, 7) is 0. The molecule has 3 heteroatoms. The van der Waals surface area contributed by atoms with Gasteiger partial charge in [0.05, 0.1) is 5.69 Å². The Morgan fingerprint density at radius 2 is 2.71 bits per heavy atom. The smallest absolute Gasteiger partial charge is 0.113 e. The van der Waals surface area contributed by atoms with Crippen molar-refractivity contribution in [2.75, 3.05) is 0 Å². The Balaban J connectivity index is 2.69. The second kappa shape index (κ2) is 1.09. The lowest BCUT2D eigenvalue weighted by Crippen LogP contribution is -2.00. The van der Waals surface area contributed by atoms with E-state index in [1.807, 2.05) is 0 Å². The lowest BCUT2D eigenvalue weighted by molar-refractivity contribution is 0.951. The van der Waals surface area contributed by atoms with Gasteiger partial charge < -0.3 is 0 Å². The highest BCUT2D eigenvalue weighted by molar-refractivity contribution is 9.09. The highest BCUT2D eigenvalue weighted by Crippen LogP contribution is 2.41. The molecule has 1 unspecified atom stereocenters. The third kappa shape index (κ3) is 0.353. The minimum absolute atomic E-state index is 0.498. The molecule has 0 fully saturated rings. The van der Waals surface area contributed by atoms with Crippen LogP contribution in [0.1, 0.15) is 15.5 Å². The van der Waals surface area contributed by atoms with Crippen LogP contribution in [0.15, 0.2) is 5.38 Å². The molecule has 0 N–H and O–H groups in total. The molecule has 0 saturated carbocycles. The molecule has 3 rings (SSSR count). The summed E-state index contributed by atoms with van der Waals surface area (Å²) >= 11 is 5.15. The molecule has 0 amide bonds. The van der Waals surface area contributed by atoms with Crippen LogP contribution in [0.5, 0.6) is 0 Å². The second-order valence-corrected chi connectivity index (χ2v) is 3.28. The van der Waals surface area contributed by atoms with Crippen molar-refractivity contribution in [1.82, 2.24) is 4.98 Å². The van der Waals surface area contributed by atoms with E-state index in [1.165, 1.54) is 10.7 Å². The first kappa shape index (κ1) is 4.04. The second-order valence-electron chi connectivity index (χ2n) is 1.47. The van der Waals surface area contributed by atoms with Crippen molar-refractivity contribution in [3.63, 3.8) is 0 Å². The van der Waals surface area contributed by atoms with Crippen molar-refractivity contribution in [2.45, 2.75) is 4.83 Å². The van der Waals surface area contributed by atoms with Crippen LogP contribution < -0.4 is 0 Å². The van der Waals surface area contributed by atoms with Crippen LogP contribution in [0.2, 0.25) is 0 Å². The molecule has 1 aromatic heterocycles. The molecule has 1 nitrogen and oxygen atoms in total. The number of nitrogens with zero attached hydrogens (tertiary/aromatic N) is 1. The summed E-state index contributed by atoms with van der Waals surface area (Å²) < 4.78 is 0. The third-order valence-electron chi connectivity index (χ3n) is 1.02. The highest BCUT2D eigenvalue weighted by Gasteiger charge is 2.25. The molecular formula is C4H2BrNS. The van der Waals surface area contributed by atoms with E-state index < -0.39 is 0 Å². The summed E-state index contributed by atoms with van der Waals surface area (Å²) in [5, 5.41) is 3.30. The van der Waals surface area contributed by atoms with Crippen LogP contribution in [0, 0.1) is 0 Å². The van der Waals surface area contributed by atoms with E-state index in [4.69, 9.17) is 0 Å². The Hall–Kier alpha value is 0.110. The van der Waals surface area contributed by atoms with E-state index in [0.29, 0.717) is 4.83 Å². The van der Waals surface area contributed by atoms with Crippen molar-refractivity contribution in [1.29, 1.82) is 0 Å². The van der Waals surface area contributed by atoms with E-state index in [1.54, 1.807) is 11.3 Å². The van der Waals surface area contributed by atoms with Gasteiger partial charge in [-0.2, -0.15) is 0 Å². The first-order valence-electron chi connectivity index (χ1n) is 1.97. The number of halogens is 1. The fourth-order valence-electron chi connectivity index (χ4n) is 0.594. The topological polar surface area (TPSA) is 12.9 Å². The summed E-state index contributed by atoms with van der Waals surface area (Å²) in [7, 11) is 0. The molecule has 0 saturated heterocycles. The third-order valence-corrected chi connectivity index (χ3v) is 3.15. The van der Waals surface area contributed by atoms with Gasteiger partial charge in [-0.3, -0.25) is 0 Å². The average molecular weight is 176 g/mol. The Morgan fingerprint density at radius 1 is 1.86 bits per heavy atom. The van der Waals surface area contributed by atoms with Crippen LogP contribution in [-0.2, 0) is 0 Å². The zero-order chi connectivity index (χ0) is 4.85. The standard InChI is InChI=1S/C4H2BrNS/c5-3-2-1-7-4(3)6-2/h1,3H. The SMILES string of the molecule is BrC1c2csc1n2. The van der Waals surface area contributed by atoms with Crippen molar-refractivity contribution < 1.29 is 0 Å². The number of aromatic nitrogens is 1. The van der Waals surface area contributed by atoms with Gasteiger partial charge in [0.25, 0.3) is 0 Å². The summed E-state index contributed by atoms with van der Waals surface area (Å²) in [5.41, 5.74) is 1.19. The molecule has 0 spiro atoms. The average Bonchev–Trinajstić information content (AvgIpc) is 2.18. The van der Waals surface area contributed by atoms with E-state index in [9.17, 15) is 0 Å². The number of hydrogen-bond donors (Lipinski definition) is 0. The van der Waals surface area contributed by atoms with Gasteiger partial charge in [0.2, 0.25) is 0 Å². The maximum absolute atomic E-state index is 4.11. The van der Waals surface area contributed by atoms with E-state index in [0.717, 1.165) is 0 Å². The van der Waals surface area contributed by atoms with E-state index >= 15 is 0 Å². The summed E-state index contributed by atoms with van der Waals surface area (Å²) in [4.78, 5) is 4.61. The Labute approximate surface area is 53.5 Å². The lowest BCUT2D eigenvalue weighted by Gasteiger charge is -2.07. The maximum atomic E-state index is 4.11. The molecule has 0 aromatic carbocycles. The summed E-state index contributed by atoms with van der Waals surface area (Å²) in [6, 6.07) is 0. The highest BCUT2D eigenvalue weighted by atomic mass is 79.9. The molecular weight excluding hydrogens is 174 g/mol. The molecule has 0 radical (unpaired) electrons. The number of hydrogen-bond acceptors (Lipinski definition) is 2. The van der Waals surface area contributed by atoms with Crippen LogP contribution in [0.25, 0.3) is 0 Å². The first-order chi connectivity index (χ1) is 3.38. The van der Waals surface area contributed by atoms with Crippen LogP contribution in [0.4, 0.5) is 0 Å². The molecule has 36 valence electrons. The normalized spacial score (nSPS) is 24.4. The summed E-state index contributed by atoms with van der Waals surface area (Å²) in [6.07, 6.45) is 0. The molecule has 2 aliphatic rings. The van der Waals surface area contributed by atoms with E-state index in [2.05, 4.69) is 26.3 Å². The van der Waals surface area contributed by atoms with Gasteiger partial charge in [0.1, 0.15) is 9.83 Å². The quantitative estimate of drug-likeness (QED) is 0.550. The fraction of sp³-hybridized carbons (Fsp3) is 0.250. The van der Waals surface area contributed by atoms with Gasteiger partial charge in [-0.05, 0) is 0 Å². The van der Waals surface area contributed by atoms with Gasteiger partial charge in [0.15, 0.2) is 0 Å². The number of alkyl halides is 1. The first-order valence-corrected chi connectivity index (χ1v) is 3.77. The van der Waals surface area contributed by atoms with Crippen molar-refractivity contribution in [3.8, 4) is 0 Å². The van der Waals surface area contributed by atoms with Crippen LogP contribution in [-0.4, -0.2) is 4.98 Å². The number of thiazole rings is 1. The summed E-state index contributed by atoms with van der Waals surface area (Å²) in [5.74, 6) is 0. The monoisotopic (exact) mass is 175 g/mol. The molecule has 3 heterocycles. The van der Waals surface area contributed by atoms with Crippen molar-refractivity contribution in [3.05, 3.63) is 16.1 Å². The van der Waals surface area contributed by atoms with Gasteiger partial charge >= 0.3 is 0 Å². The minimum Gasteiger partial charge on any atom is -0.243 e. The van der Waals surface area contributed by atoms with Crippen LogP contribution >= 0.6 is 27.3 Å². The van der Waals surface area contributed by atoms with Gasteiger partial charge in [0, 0.05) is 5.38 Å².